The zero-order valence-electron chi connectivity index (χ0n) is 16.3. The van der Waals surface area contributed by atoms with Crippen molar-refractivity contribution < 1.29 is 0 Å². The first-order valence-electron chi connectivity index (χ1n) is 9.18. The van der Waals surface area contributed by atoms with Crippen molar-refractivity contribution in [2.45, 2.75) is 51.1 Å². The monoisotopic (exact) mass is 384 g/mol. The molecule has 0 spiro atoms. The largest absolute Gasteiger partial charge is 0.364 e. The Morgan fingerprint density at radius 2 is 1.96 bits per heavy atom. The molecule has 1 aromatic carbocycles. The van der Waals surface area contributed by atoms with Crippen LogP contribution in [0.3, 0.4) is 0 Å². The number of aryl methyl sites for hydroxylation is 2. The van der Waals surface area contributed by atoms with E-state index < -0.39 is 9.21 Å². The first-order valence-corrected chi connectivity index (χ1v) is 12.4. The fourth-order valence-electron chi connectivity index (χ4n) is 4.09. The fourth-order valence-corrected chi connectivity index (χ4v) is 6.15. The number of rotatable bonds is 4. The van der Waals surface area contributed by atoms with E-state index in [4.69, 9.17) is 0 Å². The lowest BCUT2D eigenvalue weighted by Crippen LogP contribution is -2.28. The Hall–Kier alpha value is -1.52. The van der Waals surface area contributed by atoms with Crippen LogP contribution in [0, 0.1) is 19.8 Å². The van der Waals surface area contributed by atoms with Crippen molar-refractivity contribution in [3.8, 4) is 10.4 Å². The minimum absolute atomic E-state index is 0.564. The molecule has 2 aromatic rings. The summed E-state index contributed by atoms with van der Waals surface area (Å²) in [7, 11) is -1.35. The lowest BCUT2D eigenvalue weighted by molar-refractivity contribution is 0.290. The van der Waals surface area contributed by atoms with E-state index in [1.54, 1.807) is 11.3 Å². The molecular weight excluding hydrogens is 356 g/mol. The smallest absolute Gasteiger partial charge is 0.0903 e. The van der Waals surface area contributed by atoms with Crippen LogP contribution < -0.4 is 0 Å². The van der Waals surface area contributed by atoms with Gasteiger partial charge in [-0.2, -0.15) is 9.21 Å². The second-order valence-corrected chi connectivity index (χ2v) is 12.3. The van der Waals surface area contributed by atoms with Crippen LogP contribution in [-0.4, -0.2) is 33.9 Å². The van der Waals surface area contributed by atoms with Gasteiger partial charge in [0.1, 0.15) is 0 Å². The lowest BCUT2D eigenvalue weighted by Gasteiger charge is -2.28. The molecule has 1 aromatic heterocycles. The fraction of sp³-hybridized carbons (Fsp3) is 0.409. The second-order valence-electron chi connectivity index (χ2n) is 8.08. The van der Waals surface area contributed by atoms with Gasteiger partial charge in [-0.3, -0.25) is 0 Å². The molecule has 1 saturated carbocycles. The maximum atomic E-state index is 4.63. The molecule has 1 atom stereocenters. The third-order valence-corrected chi connectivity index (χ3v) is 8.16. The highest BCUT2D eigenvalue weighted by Crippen LogP contribution is 2.48. The maximum Gasteiger partial charge on any atom is 0.0903 e. The number of hydrogen-bond acceptors (Lipinski definition) is 3. The van der Waals surface area contributed by atoms with E-state index in [0.29, 0.717) is 6.04 Å². The van der Waals surface area contributed by atoms with Crippen LogP contribution in [0.1, 0.15) is 41.6 Å². The molecule has 1 fully saturated rings. The summed E-state index contributed by atoms with van der Waals surface area (Å²) in [6.45, 7) is 12.0. The average molecular weight is 385 g/mol. The summed E-state index contributed by atoms with van der Waals surface area (Å²) in [6.07, 6.45) is 4.89. The van der Waals surface area contributed by atoms with Crippen molar-refractivity contribution in [3.63, 3.8) is 0 Å². The number of benzene rings is 1. The van der Waals surface area contributed by atoms with Crippen LogP contribution in [0.5, 0.6) is 0 Å². The minimum Gasteiger partial charge on any atom is -0.364 e. The molecule has 138 valence electrons. The van der Waals surface area contributed by atoms with Crippen LogP contribution in [0.4, 0.5) is 0 Å². The highest BCUT2D eigenvalue weighted by Gasteiger charge is 2.37. The molecule has 4 rings (SSSR count). The Labute approximate surface area is 162 Å². The summed E-state index contributed by atoms with van der Waals surface area (Å²) in [5, 5.41) is 1.12. The lowest BCUT2D eigenvalue weighted by atomic mass is 10.0. The van der Waals surface area contributed by atoms with Gasteiger partial charge in [0.05, 0.1) is 15.6 Å². The van der Waals surface area contributed by atoms with Gasteiger partial charge in [0, 0.05) is 28.7 Å². The average Bonchev–Trinajstić information content (AvgIpc) is 3.27. The molecule has 0 radical (unpaired) electrons. The van der Waals surface area contributed by atoms with Gasteiger partial charge in [-0.25, -0.2) is 4.98 Å². The molecule has 1 aliphatic heterocycles. The summed E-state index contributed by atoms with van der Waals surface area (Å²) in [4.78, 5) is 9.69. The summed E-state index contributed by atoms with van der Waals surface area (Å²) < 4.78 is 0. The van der Waals surface area contributed by atoms with E-state index in [1.807, 2.05) is 0 Å². The quantitative estimate of drug-likeness (QED) is 0.632. The highest BCUT2D eigenvalue weighted by molar-refractivity contribution is 8.27. The SMILES string of the molecule is C=C1c2c(cc(-c3sc(C)nc3C)cc2S(=C)(=C)C)CN1C(C)C1CC1. The van der Waals surface area contributed by atoms with Gasteiger partial charge < -0.3 is 4.90 Å². The third-order valence-electron chi connectivity index (χ3n) is 5.65. The molecule has 0 saturated heterocycles. The molecule has 2 aliphatic rings. The van der Waals surface area contributed by atoms with Crippen molar-refractivity contribution in [3.05, 3.63) is 40.5 Å². The van der Waals surface area contributed by atoms with Gasteiger partial charge in [-0.05, 0) is 69.0 Å². The molecular formula is C22H28N2S2. The minimum atomic E-state index is -1.35. The molecule has 1 unspecified atom stereocenters. The predicted octanol–water partition coefficient (Wildman–Crippen LogP) is 5.67. The number of hydrogen-bond donors (Lipinski definition) is 0. The van der Waals surface area contributed by atoms with Crippen LogP contribution in [0.15, 0.2) is 23.6 Å². The van der Waals surface area contributed by atoms with E-state index in [1.165, 1.54) is 45.0 Å². The number of nitrogens with zero attached hydrogens (tertiary/aromatic N) is 2. The Kier molecular flexibility index (Phi) is 4.12. The van der Waals surface area contributed by atoms with E-state index in [2.05, 4.69) is 67.4 Å². The topological polar surface area (TPSA) is 16.1 Å². The summed E-state index contributed by atoms with van der Waals surface area (Å²) in [5.74, 6) is 9.69. The van der Waals surface area contributed by atoms with E-state index in [-0.39, 0.29) is 0 Å². The normalized spacial score (nSPS) is 18.3. The number of thiazole rings is 1. The molecule has 0 amide bonds. The van der Waals surface area contributed by atoms with Gasteiger partial charge in [0.25, 0.3) is 0 Å². The first-order chi connectivity index (χ1) is 12.2. The molecule has 4 heteroatoms. The summed E-state index contributed by atoms with van der Waals surface area (Å²) in [6, 6.07) is 5.23. The first kappa shape index (κ1) is 17.9. The molecule has 0 bridgehead atoms. The van der Waals surface area contributed by atoms with Gasteiger partial charge in [-0.1, -0.05) is 18.3 Å². The van der Waals surface area contributed by atoms with Crippen LogP contribution in [-0.2, 0) is 6.54 Å². The van der Waals surface area contributed by atoms with Crippen LogP contribution in [0.2, 0.25) is 0 Å². The van der Waals surface area contributed by atoms with E-state index in [0.717, 1.165) is 23.2 Å². The Balaban J connectivity index is 1.87. The van der Waals surface area contributed by atoms with E-state index >= 15 is 0 Å². The second kappa shape index (κ2) is 6.00. The van der Waals surface area contributed by atoms with Gasteiger partial charge >= 0.3 is 0 Å². The highest BCUT2D eigenvalue weighted by atomic mass is 32.2. The molecule has 26 heavy (non-hydrogen) atoms. The van der Waals surface area contributed by atoms with Crippen molar-refractivity contribution in [1.29, 1.82) is 0 Å². The standard InChI is InChI=1S/C22H28N2S2/c1-13-22(25-16(4)23-13)18-10-19-12-24(14(2)17-8-9-17)15(3)21(19)20(11-18)26(5,6)7/h10-11,14,17H,3,5-6,8-9,12H2,1-2,4,7H3. The molecule has 1 aliphatic carbocycles. The summed E-state index contributed by atoms with van der Waals surface area (Å²) >= 11 is 1.78. The van der Waals surface area contributed by atoms with E-state index in [9.17, 15) is 0 Å². The van der Waals surface area contributed by atoms with Crippen molar-refractivity contribution >= 4 is 38.0 Å². The maximum absolute atomic E-state index is 4.63. The van der Waals surface area contributed by atoms with Crippen molar-refractivity contribution in [1.82, 2.24) is 9.88 Å². The Morgan fingerprint density at radius 1 is 1.27 bits per heavy atom. The predicted molar refractivity (Wildman–Crippen MR) is 120 cm³/mol. The van der Waals surface area contributed by atoms with Crippen LogP contribution in [0.25, 0.3) is 16.1 Å². The van der Waals surface area contributed by atoms with Crippen molar-refractivity contribution in [2.75, 3.05) is 6.26 Å². The summed E-state index contributed by atoms with van der Waals surface area (Å²) in [5.41, 5.74) is 6.24. The third kappa shape index (κ3) is 2.93. The molecule has 2 nitrogen and oxygen atoms in total. The van der Waals surface area contributed by atoms with Crippen molar-refractivity contribution in [2.24, 2.45) is 5.92 Å². The van der Waals surface area contributed by atoms with Gasteiger partial charge in [0.2, 0.25) is 0 Å². The molecule has 2 heterocycles. The number of fused-ring (bicyclic) bond motifs is 1. The number of aromatic nitrogens is 1. The zero-order chi connectivity index (χ0) is 18.8. The van der Waals surface area contributed by atoms with Crippen LogP contribution >= 0.6 is 20.5 Å². The van der Waals surface area contributed by atoms with Gasteiger partial charge in [-0.15, -0.1) is 11.3 Å². The zero-order valence-corrected chi connectivity index (χ0v) is 17.9. The Bertz CT molecular complexity index is 1010. The Morgan fingerprint density at radius 3 is 2.50 bits per heavy atom. The molecule has 0 N–H and O–H groups in total. The van der Waals surface area contributed by atoms with Gasteiger partial charge in [0.15, 0.2) is 0 Å².